The number of nitrogens with zero attached hydrogens (tertiary/aromatic N) is 2. The van der Waals surface area contributed by atoms with Crippen LogP contribution >= 0.6 is 0 Å². The molecule has 34 heavy (non-hydrogen) atoms. The molecule has 5 heteroatoms. The van der Waals surface area contributed by atoms with Gasteiger partial charge in [-0.15, -0.1) is 0 Å². The minimum absolute atomic E-state index is 0.0303. The van der Waals surface area contributed by atoms with Gasteiger partial charge in [-0.3, -0.25) is 14.2 Å². The van der Waals surface area contributed by atoms with E-state index in [9.17, 15) is 9.59 Å². The summed E-state index contributed by atoms with van der Waals surface area (Å²) < 4.78 is 7.52. The maximum Gasteiger partial charge on any atom is 0.310 e. The highest BCUT2D eigenvalue weighted by atomic mass is 16.5. The van der Waals surface area contributed by atoms with Crippen molar-refractivity contribution in [3.8, 4) is 5.75 Å². The Balaban J connectivity index is 2.01. The first-order chi connectivity index (χ1) is 15.9. The first kappa shape index (κ1) is 25.7. The second kappa shape index (κ2) is 10.1. The Morgan fingerprint density at radius 3 is 2.38 bits per heavy atom. The molecule has 1 heterocycles. The number of likely N-dealkylation sites (N-methyl/N-ethyl adjacent to an activating group) is 1. The average Bonchev–Trinajstić information content (AvgIpc) is 3.08. The van der Waals surface area contributed by atoms with Gasteiger partial charge in [0.25, 0.3) is 0 Å². The number of fused-ring (bicyclic) bond motifs is 1. The van der Waals surface area contributed by atoms with Gasteiger partial charge >= 0.3 is 5.97 Å². The van der Waals surface area contributed by atoms with Crippen molar-refractivity contribution in [3.63, 3.8) is 0 Å². The van der Waals surface area contributed by atoms with Gasteiger partial charge in [-0.2, -0.15) is 0 Å². The predicted octanol–water partition coefficient (Wildman–Crippen LogP) is 5.99. The molecular formula is C29H38N2O3. The van der Waals surface area contributed by atoms with Gasteiger partial charge in [0.2, 0.25) is 5.91 Å². The van der Waals surface area contributed by atoms with Gasteiger partial charge < -0.3 is 9.64 Å². The van der Waals surface area contributed by atoms with Crippen molar-refractivity contribution in [2.24, 2.45) is 0 Å². The molecule has 1 aromatic heterocycles. The topological polar surface area (TPSA) is 51.5 Å². The second-order valence-corrected chi connectivity index (χ2v) is 10.3. The number of esters is 1. The molecule has 0 saturated heterocycles. The third kappa shape index (κ3) is 5.58. The van der Waals surface area contributed by atoms with Crippen LogP contribution in [0.4, 0.5) is 0 Å². The maximum atomic E-state index is 13.7. The van der Waals surface area contributed by atoms with Crippen LogP contribution in [0.3, 0.4) is 0 Å². The summed E-state index contributed by atoms with van der Waals surface area (Å²) in [7, 11) is 4.12. The molecule has 5 nitrogen and oxygen atoms in total. The highest BCUT2D eigenvalue weighted by molar-refractivity contribution is 5.95. The van der Waals surface area contributed by atoms with Crippen molar-refractivity contribution in [3.05, 3.63) is 64.3 Å². The Labute approximate surface area is 203 Å². The van der Waals surface area contributed by atoms with E-state index in [1.807, 2.05) is 36.7 Å². The normalized spacial score (nSPS) is 11.9. The molecule has 0 spiro atoms. The summed E-state index contributed by atoms with van der Waals surface area (Å²) >= 11 is 0. The predicted molar refractivity (Wildman–Crippen MR) is 139 cm³/mol. The Hall–Kier alpha value is -2.92. The Kier molecular flexibility index (Phi) is 7.67. The summed E-state index contributed by atoms with van der Waals surface area (Å²) in [6.45, 7) is 12.9. The van der Waals surface area contributed by atoms with Gasteiger partial charge in [-0.1, -0.05) is 38.5 Å². The fraction of sp³-hybridized carbons (Fsp3) is 0.448. The SMILES string of the molecule is CCC(=O)Oc1cc(C)cc(C)c1C(C)(C)CC(=O)n1cc(CCN(C)C)c2cc(C)ccc21. The summed E-state index contributed by atoms with van der Waals surface area (Å²) in [4.78, 5) is 28.0. The maximum absolute atomic E-state index is 13.7. The van der Waals surface area contributed by atoms with Crippen molar-refractivity contribution in [2.75, 3.05) is 20.6 Å². The van der Waals surface area contributed by atoms with E-state index in [1.54, 1.807) is 6.92 Å². The van der Waals surface area contributed by atoms with E-state index in [0.717, 1.165) is 40.6 Å². The molecule has 0 fully saturated rings. The van der Waals surface area contributed by atoms with E-state index in [1.165, 1.54) is 11.1 Å². The van der Waals surface area contributed by atoms with Crippen LogP contribution in [0.2, 0.25) is 0 Å². The number of carbonyl (C=O) groups is 2. The van der Waals surface area contributed by atoms with E-state index < -0.39 is 5.41 Å². The Bertz CT molecular complexity index is 1220. The zero-order valence-electron chi connectivity index (χ0n) is 21.9. The van der Waals surface area contributed by atoms with E-state index in [-0.39, 0.29) is 11.9 Å². The first-order valence-electron chi connectivity index (χ1n) is 12.0. The number of hydrogen-bond donors (Lipinski definition) is 0. The smallest absolute Gasteiger partial charge is 0.310 e. The number of benzene rings is 2. The first-order valence-corrected chi connectivity index (χ1v) is 12.0. The van der Waals surface area contributed by atoms with Crippen molar-refractivity contribution in [1.82, 2.24) is 9.47 Å². The standard InChI is InChI=1S/C29H38N2O3/c1-9-27(33)34-25-16-20(3)14-21(4)28(25)29(5,6)17-26(32)31-18-22(12-13-30(7)8)23-15-19(2)10-11-24(23)31/h10-11,14-16,18H,9,12-13,17H2,1-8H3. The molecule has 0 unspecified atom stereocenters. The molecule has 2 aromatic carbocycles. The fourth-order valence-electron chi connectivity index (χ4n) is 4.78. The summed E-state index contributed by atoms with van der Waals surface area (Å²) in [5, 5.41) is 1.14. The summed E-state index contributed by atoms with van der Waals surface area (Å²) in [5.74, 6) is 0.315. The van der Waals surface area contributed by atoms with Crippen LogP contribution in [0, 0.1) is 20.8 Å². The lowest BCUT2D eigenvalue weighted by Gasteiger charge is -2.29. The lowest BCUT2D eigenvalue weighted by molar-refractivity contribution is -0.134. The van der Waals surface area contributed by atoms with Crippen LogP contribution in [0.15, 0.2) is 36.5 Å². The molecule has 0 aliphatic heterocycles. The zero-order chi connectivity index (χ0) is 25.2. The van der Waals surface area contributed by atoms with Gasteiger partial charge in [-0.05, 0) is 76.2 Å². The molecule has 0 aliphatic carbocycles. The molecule has 0 aliphatic rings. The largest absolute Gasteiger partial charge is 0.426 e. The number of hydrogen-bond acceptors (Lipinski definition) is 4. The lowest BCUT2D eigenvalue weighted by Crippen LogP contribution is -2.27. The second-order valence-electron chi connectivity index (χ2n) is 10.3. The third-order valence-electron chi connectivity index (χ3n) is 6.37. The molecule has 0 amide bonds. The highest BCUT2D eigenvalue weighted by Gasteiger charge is 2.31. The van der Waals surface area contributed by atoms with Crippen LogP contribution in [0.25, 0.3) is 10.9 Å². The quantitative estimate of drug-likeness (QED) is 0.305. The third-order valence-corrected chi connectivity index (χ3v) is 6.37. The average molecular weight is 463 g/mol. The van der Waals surface area contributed by atoms with E-state index in [4.69, 9.17) is 4.74 Å². The number of ether oxygens (including phenoxy) is 1. The van der Waals surface area contributed by atoms with Crippen molar-refractivity contribution >= 4 is 22.8 Å². The summed E-state index contributed by atoms with van der Waals surface area (Å²) in [6.07, 6.45) is 3.48. The van der Waals surface area contributed by atoms with Crippen LogP contribution in [0.1, 0.15) is 66.2 Å². The van der Waals surface area contributed by atoms with E-state index >= 15 is 0 Å². The fourth-order valence-corrected chi connectivity index (χ4v) is 4.78. The van der Waals surface area contributed by atoms with Crippen molar-refractivity contribution < 1.29 is 14.3 Å². The zero-order valence-corrected chi connectivity index (χ0v) is 21.9. The van der Waals surface area contributed by atoms with Crippen LogP contribution in [-0.4, -0.2) is 42.0 Å². The van der Waals surface area contributed by atoms with Gasteiger partial charge in [0.15, 0.2) is 0 Å². The minimum Gasteiger partial charge on any atom is -0.426 e. The molecule has 0 radical (unpaired) electrons. The van der Waals surface area contributed by atoms with Gasteiger partial charge in [-0.25, -0.2) is 0 Å². The lowest BCUT2D eigenvalue weighted by atomic mass is 9.78. The molecule has 182 valence electrons. The minimum atomic E-state index is -0.524. The van der Waals surface area contributed by atoms with Crippen LogP contribution in [-0.2, 0) is 16.6 Å². The van der Waals surface area contributed by atoms with Crippen molar-refractivity contribution in [2.45, 2.75) is 66.2 Å². The molecule has 0 bridgehead atoms. The van der Waals surface area contributed by atoms with Gasteiger partial charge in [0.1, 0.15) is 5.75 Å². The van der Waals surface area contributed by atoms with Gasteiger partial charge in [0.05, 0.1) is 5.52 Å². The number of aryl methyl sites for hydroxylation is 3. The summed E-state index contributed by atoms with van der Waals surface area (Å²) in [5.41, 5.74) is 5.75. The Morgan fingerprint density at radius 1 is 1.03 bits per heavy atom. The molecule has 0 N–H and O–H groups in total. The number of aromatic nitrogens is 1. The monoisotopic (exact) mass is 462 g/mol. The van der Waals surface area contributed by atoms with Gasteiger partial charge in [0, 0.05) is 41.9 Å². The number of rotatable bonds is 8. The summed E-state index contributed by atoms with van der Waals surface area (Å²) in [6, 6.07) is 10.2. The molecular weight excluding hydrogens is 424 g/mol. The molecule has 3 aromatic rings. The molecule has 0 saturated carbocycles. The highest BCUT2D eigenvalue weighted by Crippen LogP contribution is 2.39. The van der Waals surface area contributed by atoms with Crippen LogP contribution < -0.4 is 4.74 Å². The van der Waals surface area contributed by atoms with Crippen LogP contribution in [0.5, 0.6) is 5.75 Å². The molecule has 0 atom stereocenters. The number of carbonyl (C=O) groups excluding carboxylic acids is 2. The van der Waals surface area contributed by atoms with Crippen molar-refractivity contribution in [1.29, 1.82) is 0 Å². The van der Waals surface area contributed by atoms with E-state index in [0.29, 0.717) is 18.6 Å². The molecule has 3 rings (SSSR count). The Morgan fingerprint density at radius 2 is 1.74 bits per heavy atom. The van der Waals surface area contributed by atoms with E-state index in [2.05, 4.69) is 58.0 Å².